The molecule has 1 aromatic carbocycles. The van der Waals surface area contributed by atoms with Gasteiger partial charge in [0, 0.05) is 25.1 Å². The Hall–Kier alpha value is -1.81. The van der Waals surface area contributed by atoms with Crippen molar-refractivity contribution in [2.24, 2.45) is 0 Å². The molecule has 0 bridgehead atoms. The first-order valence-corrected chi connectivity index (χ1v) is 7.46. The van der Waals surface area contributed by atoms with E-state index in [0.29, 0.717) is 25.5 Å². The van der Waals surface area contributed by atoms with Crippen LogP contribution < -0.4 is 4.74 Å². The largest absolute Gasteiger partial charge is 0.493 e. The van der Waals surface area contributed by atoms with Gasteiger partial charge in [0.05, 0.1) is 18.4 Å². The quantitative estimate of drug-likeness (QED) is 0.851. The average molecular weight is 288 g/mol. The first kappa shape index (κ1) is 15.6. The molecule has 1 unspecified atom stereocenters. The number of aliphatic hydroxyl groups excluding tert-OH is 1. The van der Waals surface area contributed by atoms with Gasteiger partial charge in [0.15, 0.2) is 0 Å². The third-order valence-electron chi connectivity index (χ3n) is 3.35. The molecule has 21 heavy (non-hydrogen) atoms. The molecule has 1 atom stereocenters. The zero-order valence-electron chi connectivity index (χ0n) is 13.0. The maximum absolute atomic E-state index is 10.1. The summed E-state index contributed by atoms with van der Waals surface area (Å²) in [4.78, 5) is 0. The molecule has 114 valence electrons. The van der Waals surface area contributed by atoms with Crippen molar-refractivity contribution in [3.8, 4) is 5.75 Å². The van der Waals surface area contributed by atoms with Crippen LogP contribution in [0.3, 0.4) is 0 Å². The molecule has 0 aliphatic carbocycles. The van der Waals surface area contributed by atoms with Gasteiger partial charge in [0.25, 0.3) is 0 Å². The molecule has 0 saturated carbocycles. The van der Waals surface area contributed by atoms with Gasteiger partial charge < -0.3 is 9.84 Å². The van der Waals surface area contributed by atoms with Gasteiger partial charge in [-0.3, -0.25) is 4.68 Å². The molecule has 2 rings (SSSR count). The number of aliphatic hydroxyl groups is 1. The number of aryl methyl sites for hydroxylation is 1. The number of hydrogen-bond acceptors (Lipinski definition) is 3. The second kappa shape index (κ2) is 7.27. The standard InChI is InChI=1S/C17H24N2O2/c1-13(2)19-9-7-15(18-19)12-16(20)8-10-21-17-6-4-5-14(3)11-17/h4-7,9,11,13,16,20H,8,10,12H2,1-3H3. The molecule has 0 fully saturated rings. The van der Waals surface area contributed by atoms with E-state index in [1.165, 1.54) is 5.56 Å². The number of benzene rings is 1. The molecule has 4 nitrogen and oxygen atoms in total. The lowest BCUT2D eigenvalue weighted by atomic mass is 10.1. The molecule has 0 aliphatic rings. The van der Waals surface area contributed by atoms with Crippen molar-refractivity contribution in [1.82, 2.24) is 9.78 Å². The van der Waals surface area contributed by atoms with Crippen molar-refractivity contribution < 1.29 is 9.84 Å². The minimum absolute atomic E-state index is 0.348. The summed E-state index contributed by atoms with van der Waals surface area (Å²) in [6.45, 7) is 6.72. The van der Waals surface area contributed by atoms with Gasteiger partial charge in [-0.15, -0.1) is 0 Å². The third kappa shape index (κ3) is 4.90. The Labute approximate surface area is 126 Å². The lowest BCUT2D eigenvalue weighted by molar-refractivity contribution is 0.138. The van der Waals surface area contributed by atoms with Crippen LogP contribution in [0.4, 0.5) is 0 Å². The van der Waals surface area contributed by atoms with Crippen LogP contribution in [-0.2, 0) is 6.42 Å². The number of rotatable bonds is 7. The molecule has 0 radical (unpaired) electrons. The summed E-state index contributed by atoms with van der Waals surface area (Å²) in [5.74, 6) is 0.853. The van der Waals surface area contributed by atoms with Crippen molar-refractivity contribution in [2.75, 3.05) is 6.61 Å². The summed E-state index contributed by atoms with van der Waals surface area (Å²) < 4.78 is 7.56. The Morgan fingerprint density at radius 3 is 2.76 bits per heavy atom. The van der Waals surface area contributed by atoms with E-state index in [2.05, 4.69) is 18.9 Å². The fourth-order valence-electron chi connectivity index (χ4n) is 2.14. The highest BCUT2D eigenvalue weighted by molar-refractivity contribution is 5.27. The van der Waals surface area contributed by atoms with Crippen LogP contribution in [0, 0.1) is 6.92 Å². The van der Waals surface area contributed by atoms with Crippen LogP contribution in [0.5, 0.6) is 5.75 Å². The van der Waals surface area contributed by atoms with Crippen molar-refractivity contribution >= 4 is 0 Å². The first-order chi connectivity index (χ1) is 10.0. The molecule has 0 aliphatic heterocycles. The van der Waals surface area contributed by atoms with E-state index >= 15 is 0 Å². The molecule has 1 N–H and O–H groups in total. The fourth-order valence-corrected chi connectivity index (χ4v) is 2.14. The summed E-state index contributed by atoms with van der Waals surface area (Å²) in [6, 6.07) is 10.2. The Bertz CT molecular complexity index is 563. The smallest absolute Gasteiger partial charge is 0.119 e. The van der Waals surface area contributed by atoms with Gasteiger partial charge in [-0.25, -0.2) is 0 Å². The highest BCUT2D eigenvalue weighted by Gasteiger charge is 2.09. The zero-order chi connectivity index (χ0) is 15.2. The highest BCUT2D eigenvalue weighted by atomic mass is 16.5. The Morgan fingerprint density at radius 2 is 2.10 bits per heavy atom. The van der Waals surface area contributed by atoms with E-state index in [4.69, 9.17) is 4.74 Å². The molecule has 4 heteroatoms. The molecule has 1 aromatic heterocycles. The van der Waals surface area contributed by atoms with Gasteiger partial charge >= 0.3 is 0 Å². The average Bonchev–Trinajstić information content (AvgIpc) is 2.87. The van der Waals surface area contributed by atoms with Crippen LogP contribution in [-0.4, -0.2) is 27.6 Å². The van der Waals surface area contributed by atoms with Crippen molar-refractivity contribution in [1.29, 1.82) is 0 Å². The van der Waals surface area contributed by atoms with Crippen LogP contribution in [0.2, 0.25) is 0 Å². The SMILES string of the molecule is Cc1cccc(OCCC(O)Cc2ccn(C(C)C)n2)c1. The topological polar surface area (TPSA) is 47.3 Å². The van der Waals surface area contributed by atoms with E-state index in [0.717, 1.165) is 11.4 Å². The maximum atomic E-state index is 10.1. The summed E-state index contributed by atoms with van der Waals surface area (Å²) in [5, 5.41) is 14.5. The lowest BCUT2D eigenvalue weighted by Gasteiger charge is -2.11. The molecule has 2 aromatic rings. The Kier molecular flexibility index (Phi) is 5.39. The monoisotopic (exact) mass is 288 g/mol. The zero-order valence-corrected chi connectivity index (χ0v) is 13.0. The summed E-state index contributed by atoms with van der Waals surface area (Å²) in [5.41, 5.74) is 2.10. The van der Waals surface area contributed by atoms with Crippen LogP contribution in [0.1, 0.15) is 37.6 Å². The fraction of sp³-hybridized carbons (Fsp3) is 0.471. The van der Waals surface area contributed by atoms with Gasteiger partial charge in [-0.2, -0.15) is 5.10 Å². The molecule has 1 heterocycles. The third-order valence-corrected chi connectivity index (χ3v) is 3.35. The normalized spacial score (nSPS) is 12.6. The number of nitrogens with zero attached hydrogens (tertiary/aromatic N) is 2. The van der Waals surface area contributed by atoms with Crippen LogP contribution >= 0.6 is 0 Å². The van der Waals surface area contributed by atoms with E-state index < -0.39 is 6.10 Å². The minimum Gasteiger partial charge on any atom is -0.493 e. The summed E-state index contributed by atoms with van der Waals surface area (Å²) in [7, 11) is 0. The Morgan fingerprint density at radius 1 is 1.29 bits per heavy atom. The predicted octanol–water partition coefficient (Wildman–Crippen LogP) is 3.14. The lowest BCUT2D eigenvalue weighted by Crippen LogP contribution is -2.15. The Balaban J connectivity index is 1.75. The molecule has 0 amide bonds. The molecular weight excluding hydrogens is 264 g/mol. The molecular formula is C17H24N2O2. The first-order valence-electron chi connectivity index (χ1n) is 7.46. The second-order valence-electron chi connectivity index (χ2n) is 5.69. The predicted molar refractivity (Wildman–Crippen MR) is 83.6 cm³/mol. The van der Waals surface area contributed by atoms with E-state index in [-0.39, 0.29) is 0 Å². The van der Waals surface area contributed by atoms with Gasteiger partial charge in [0.2, 0.25) is 0 Å². The maximum Gasteiger partial charge on any atom is 0.119 e. The van der Waals surface area contributed by atoms with E-state index in [1.807, 2.05) is 48.1 Å². The van der Waals surface area contributed by atoms with Crippen LogP contribution in [0.25, 0.3) is 0 Å². The summed E-state index contributed by atoms with van der Waals surface area (Å²) in [6.07, 6.45) is 2.69. The second-order valence-corrected chi connectivity index (χ2v) is 5.69. The van der Waals surface area contributed by atoms with Crippen LogP contribution in [0.15, 0.2) is 36.5 Å². The number of aromatic nitrogens is 2. The van der Waals surface area contributed by atoms with Gasteiger partial charge in [-0.1, -0.05) is 12.1 Å². The van der Waals surface area contributed by atoms with E-state index in [1.54, 1.807) is 0 Å². The van der Waals surface area contributed by atoms with Gasteiger partial charge in [-0.05, 0) is 44.5 Å². The number of ether oxygens (including phenoxy) is 1. The number of hydrogen-bond donors (Lipinski definition) is 1. The minimum atomic E-state index is -0.426. The van der Waals surface area contributed by atoms with Crippen molar-refractivity contribution in [3.05, 3.63) is 47.8 Å². The highest BCUT2D eigenvalue weighted by Crippen LogP contribution is 2.13. The van der Waals surface area contributed by atoms with Crippen molar-refractivity contribution in [3.63, 3.8) is 0 Å². The van der Waals surface area contributed by atoms with E-state index in [9.17, 15) is 5.11 Å². The molecule has 0 spiro atoms. The van der Waals surface area contributed by atoms with Gasteiger partial charge in [0.1, 0.15) is 5.75 Å². The molecule has 0 saturated heterocycles. The summed E-state index contributed by atoms with van der Waals surface area (Å²) >= 11 is 0. The van der Waals surface area contributed by atoms with Crippen molar-refractivity contribution in [2.45, 2.75) is 45.8 Å².